The normalized spacial score (nSPS) is 16.2. The van der Waals surface area contributed by atoms with Gasteiger partial charge in [0.25, 0.3) is 5.56 Å². The van der Waals surface area contributed by atoms with Crippen molar-refractivity contribution >= 4 is 0 Å². The fourth-order valence-corrected chi connectivity index (χ4v) is 4.62. The number of benzene rings is 1. The Morgan fingerprint density at radius 1 is 0.912 bits per heavy atom. The maximum Gasteiger partial charge on any atom is 0.250 e. The van der Waals surface area contributed by atoms with Crippen molar-refractivity contribution in [3.8, 4) is 34.0 Å². The van der Waals surface area contributed by atoms with Crippen LogP contribution in [0.25, 0.3) is 34.0 Å². The third kappa shape index (κ3) is 4.43. The number of rotatable bonds is 7. The summed E-state index contributed by atoms with van der Waals surface area (Å²) in [7, 11) is 0. The second kappa shape index (κ2) is 8.99. The van der Waals surface area contributed by atoms with Crippen molar-refractivity contribution in [2.75, 3.05) is 0 Å². The second-order valence-electron chi connectivity index (χ2n) is 9.32. The average molecular weight is 454 g/mol. The summed E-state index contributed by atoms with van der Waals surface area (Å²) in [6, 6.07) is 14.7. The molecular formula is C27H27N5O2. The Bertz CT molecular complexity index is 1350. The van der Waals surface area contributed by atoms with E-state index in [0.29, 0.717) is 23.2 Å². The van der Waals surface area contributed by atoms with Gasteiger partial charge in [0.05, 0.1) is 18.1 Å². The molecule has 1 aromatic carbocycles. The first-order chi connectivity index (χ1) is 16.7. The van der Waals surface area contributed by atoms with Crippen LogP contribution in [-0.4, -0.2) is 25.7 Å². The fraction of sp³-hybridized carbons (Fsp3) is 0.333. The van der Waals surface area contributed by atoms with Crippen LogP contribution < -0.4 is 10.9 Å². The zero-order valence-electron chi connectivity index (χ0n) is 19.0. The van der Waals surface area contributed by atoms with Gasteiger partial charge in [-0.05, 0) is 37.3 Å². The zero-order chi connectivity index (χ0) is 22.9. The van der Waals surface area contributed by atoms with Crippen LogP contribution in [0.15, 0.2) is 70.4 Å². The first-order valence-corrected chi connectivity index (χ1v) is 12.1. The van der Waals surface area contributed by atoms with E-state index in [4.69, 9.17) is 9.51 Å². The minimum absolute atomic E-state index is 0.0361. The molecule has 172 valence electrons. The summed E-state index contributed by atoms with van der Waals surface area (Å²) in [5.74, 6) is 0.563. The highest BCUT2D eigenvalue weighted by Gasteiger charge is 2.20. The highest BCUT2D eigenvalue weighted by molar-refractivity contribution is 5.66. The number of hydrogen-bond acceptors (Lipinski definition) is 6. The Balaban J connectivity index is 1.23. The molecule has 0 atom stereocenters. The van der Waals surface area contributed by atoms with E-state index in [1.807, 2.05) is 22.9 Å². The Morgan fingerprint density at radius 2 is 1.68 bits per heavy atom. The first kappa shape index (κ1) is 21.0. The molecule has 2 fully saturated rings. The standard InChI is InChI=1S/C27H27N5O2/c33-27-12-9-20(17-32(27)22-3-1-2-4-22)24-15-28-16-25(30-24)26-13-23(31-34-26)19-7-5-18(6-8-19)14-29-21-10-11-21/h5-9,12-13,15-17,21-22,29H,1-4,10-11,14H2. The van der Waals surface area contributed by atoms with Gasteiger partial charge in [-0.2, -0.15) is 0 Å². The van der Waals surface area contributed by atoms with E-state index in [0.717, 1.165) is 36.2 Å². The molecule has 34 heavy (non-hydrogen) atoms. The van der Waals surface area contributed by atoms with Crippen molar-refractivity contribution in [1.82, 2.24) is 25.0 Å². The van der Waals surface area contributed by atoms with Crippen molar-refractivity contribution in [1.29, 1.82) is 0 Å². The van der Waals surface area contributed by atoms with Crippen molar-refractivity contribution in [3.63, 3.8) is 0 Å². The van der Waals surface area contributed by atoms with E-state index >= 15 is 0 Å². The van der Waals surface area contributed by atoms with E-state index in [2.05, 4.69) is 39.7 Å². The molecule has 0 saturated heterocycles. The van der Waals surface area contributed by atoms with Crippen molar-refractivity contribution in [3.05, 3.63) is 77.0 Å². The molecule has 0 amide bonds. The molecule has 2 saturated carbocycles. The van der Waals surface area contributed by atoms with Crippen molar-refractivity contribution < 1.29 is 4.52 Å². The molecule has 0 aliphatic heterocycles. The third-order valence-electron chi connectivity index (χ3n) is 6.77. The third-order valence-corrected chi connectivity index (χ3v) is 6.77. The molecule has 7 heteroatoms. The lowest BCUT2D eigenvalue weighted by Gasteiger charge is -2.14. The molecule has 2 aliphatic carbocycles. The number of nitrogens with one attached hydrogen (secondary N) is 1. The van der Waals surface area contributed by atoms with Crippen LogP contribution in [0.3, 0.4) is 0 Å². The smallest absolute Gasteiger partial charge is 0.250 e. The van der Waals surface area contributed by atoms with Gasteiger partial charge in [-0.3, -0.25) is 9.78 Å². The molecule has 3 heterocycles. The molecule has 0 spiro atoms. The molecule has 2 aliphatic rings. The fourth-order valence-electron chi connectivity index (χ4n) is 4.62. The summed E-state index contributed by atoms with van der Waals surface area (Å²) in [5.41, 5.74) is 5.24. The minimum atomic E-state index is 0.0361. The molecule has 0 radical (unpaired) electrons. The van der Waals surface area contributed by atoms with Crippen molar-refractivity contribution in [2.24, 2.45) is 0 Å². The molecular weight excluding hydrogens is 426 g/mol. The van der Waals surface area contributed by atoms with Crippen LogP contribution >= 0.6 is 0 Å². The lowest BCUT2D eigenvalue weighted by Crippen LogP contribution is -2.22. The summed E-state index contributed by atoms with van der Waals surface area (Å²) in [6.07, 6.45) is 12.3. The van der Waals surface area contributed by atoms with Crippen LogP contribution in [0, 0.1) is 0 Å². The van der Waals surface area contributed by atoms with Gasteiger partial charge in [0.15, 0.2) is 5.76 Å². The van der Waals surface area contributed by atoms with Gasteiger partial charge >= 0.3 is 0 Å². The summed E-state index contributed by atoms with van der Waals surface area (Å²) in [5, 5.41) is 7.78. The van der Waals surface area contributed by atoms with Crippen molar-refractivity contribution in [2.45, 2.75) is 57.2 Å². The number of pyridine rings is 1. The summed E-state index contributed by atoms with van der Waals surface area (Å²) < 4.78 is 7.47. The first-order valence-electron chi connectivity index (χ1n) is 12.1. The Morgan fingerprint density at radius 3 is 2.47 bits per heavy atom. The van der Waals surface area contributed by atoms with Gasteiger partial charge in [0.2, 0.25) is 0 Å². The highest BCUT2D eigenvalue weighted by Crippen LogP contribution is 2.30. The quantitative estimate of drug-likeness (QED) is 0.424. The molecule has 7 nitrogen and oxygen atoms in total. The van der Waals surface area contributed by atoms with Crippen LogP contribution in [0.5, 0.6) is 0 Å². The van der Waals surface area contributed by atoms with Crippen LogP contribution in [-0.2, 0) is 6.54 Å². The Labute approximate surface area is 197 Å². The lowest BCUT2D eigenvalue weighted by atomic mass is 10.1. The van der Waals surface area contributed by atoms with Gasteiger partial charge in [0.1, 0.15) is 11.4 Å². The van der Waals surface area contributed by atoms with E-state index < -0.39 is 0 Å². The van der Waals surface area contributed by atoms with E-state index in [1.54, 1.807) is 18.5 Å². The van der Waals surface area contributed by atoms with Gasteiger partial charge < -0.3 is 14.4 Å². The summed E-state index contributed by atoms with van der Waals surface area (Å²) in [6.45, 7) is 0.894. The minimum Gasteiger partial charge on any atom is -0.354 e. The highest BCUT2D eigenvalue weighted by atomic mass is 16.5. The summed E-state index contributed by atoms with van der Waals surface area (Å²) >= 11 is 0. The van der Waals surface area contributed by atoms with E-state index in [1.165, 1.54) is 31.2 Å². The Hall–Kier alpha value is -3.58. The maximum atomic E-state index is 12.4. The predicted molar refractivity (Wildman–Crippen MR) is 130 cm³/mol. The summed E-state index contributed by atoms with van der Waals surface area (Å²) in [4.78, 5) is 21.5. The second-order valence-corrected chi connectivity index (χ2v) is 9.32. The lowest BCUT2D eigenvalue weighted by molar-refractivity contribution is 0.433. The maximum absolute atomic E-state index is 12.4. The molecule has 4 aromatic rings. The Kier molecular flexibility index (Phi) is 5.55. The topological polar surface area (TPSA) is 85.8 Å². The predicted octanol–water partition coefficient (Wildman–Crippen LogP) is 4.99. The molecule has 0 bridgehead atoms. The SMILES string of the molecule is O=c1ccc(-c2cncc(-c3cc(-c4ccc(CNC5CC5)cc4)no3)n2)cn1C1CCCC1. The van der Waals surface area contributed by atoms with E-state index in [9.17, 15) is 4.79 Å². The monoisotopic (exact) mass is 453 g/mol. The zero-order valence-corrected chi connectivity index (χ0v) is 19.0. The number of hydrogen-bond donors (Lipinski definition) is 1. The molecule has 0 unspecified atom stereocenters. The number of aromatic nitrogens is 4. The van der Waals surface area contributed by atoms with Gasteiger partial charge in [-0.1, -0.05) is 42.3 Å². The van der Waals surface area contributed by atoms with Crippen LogP contribution in [0.1, 0.15) is 50.1 Å². The van der Waals surface area contributed by atoms with Gasteiger partial charge in [-0.25, -0.2) is 4.98 Å². The largest absolute Gasteiger partial charge is 0.354 e. The van der Waals surface area contributed by atoms with Gasteiger partial charge in [0, 0.05) is 48.1 Å². The van der Waals surface area contributed by atoms with Crippen LogP contribution in [0.2, 0.25) is 0 Å². The van der Waals surface area contributed by atoms with Crippen LogP contribution in [0.4, 0.5) is 0 Å². The molecule has 1 N–H and O–H groups in total. The molecule has 6 rings (SSSR count). The van der Waals surface area contributed by atoms with E-state index in [-0.39, 0.29) is 11.6 Å². The molecule has 3 aromatic heterocycles. The van der Waals surface area contributed by atoms with Gasteiger partial charge in [-0.15, -0.1) is 0 Å². The number of nitrogens with zero attached hydrogens (tertiary/aromatic N) is 4. The average Bonchev–Trinajstić information content (AvgIpc) is 3.32.